The number of anilines is 2. The number of amides is 1. The van der Waals surface area contributed by atoms with Gasteiger partial charge in [0.1, 0.15) is 0 Å². The SMILES string of the molecule is CC(C(=O)Nc1ccc(N)cc1)N(C)Cc1ccsc1. The molecule has 0 aliphatic carbocycles. The number of carbonyl (C=O) groups is 1. The van der Waals surface area contributed by atoms with Gasteiger partial charge in [-0.2, -0.15) is 11.3 Å². The van der Waals surface area contributed by atoms with Crippen LogP contribution in [0.15, 0.2) is 41.1 Å². The van der Waals surface area contributed by atoms with Crippen LogP contribution in [0.4, 0.5) is 11.4 Å². The fourth-order valence-electron chi connectivity index (χ4n) is 1.82. The van der Waals surface area contributed by atoms with E-state index in [2.05, 4.69) is 16.8 Å². The Kier molecular flexibility index (Phi) is 4.76. The van der Waals surface area contributed by atoms with E-state index in [-0.39, 0.29) is 11.9 Å². The molecular formula is C15H19N3OS. The Morgan fingerprint density at radius 3 is 2.65 bits per heavy atom. The second-order valence-corrected chi connectivity index (χ2v) is 5.61. The Bertz CT molecular complexity index is 551. The molecule has 1 aromatic heterocycles. The van der Waals surface area contributed by atoms with E-state index < -0.39 is 0 Å². The molecule has 0 fully saturated rings. The molecule has 1 amide bonds. The zero-order chi connectivity index (χ0) is 14.5. The van der Waals surface area contributed by atoms with Crippen molar-refractivity contribution in [1.29, 1.82) is 0 Å². The highest BCUT2D eigenvalue weighted by Gasteiger charge is 2.18. The van der Waals surface area contributed by atoms with Gasteiger partial charge in [0.15, 0.2) is 0 Å². The van der Waals surface area contributed by atoms with Gasteiger partial charge in [-0.05, 0) is 60.6 Å². The molecular weight excluding hydrogens is 270 g/mol. The molecule has 1 heterocycles. The minimum Gasteiger partial charge on any atom is -0.399 e. The molecule has 0 bridgehead atoms. The number of rotatable bonds is 5. The van der Waals surface area contributed by atoms with E-state index in [0.29, 0.717) is 5.69 Å². The number of nitrogens with two attached hydrogens (primary N) is 1. The van der Waals surface area contributed by atoms with E-state index in [4.69, 9.17) is 5.73 Å². The van der Waals surface area contributed by atoms with Crippen molar-refractivity contribution < 1.29 is 4.79 Å². The molecule has 2 rings (SSSR count). The number of nitrogens with one attached hydrogen (secondary N) is 1. The lowest BCUT2D eigenvalue weighted by atomic mass is 10.2. The summed E-state index contributed by atoms with van der Waals surface area (Å²) in [6.45, 7) is 2.67. The first-order chi connectivity index (χ1) is 9.56. The van der Waals surface area contributed by atoms with Crippen LogP contribution in [0.2, 0.25) is 0 Å². The van der Waals surface area contributed by atoms with Gasteiger partial charge in [-0.25, -0.2) is 0 Å². The molecule has 0 radical (unpaired) electrons. The van der Waals surface area contributed by atoms with Crippen LogP contribution < -0.4 is 11.1 Å². The third-order valence-electron chi connectivity index (χ3n) is 3.23. The number of hydrogen-bond acceptors (Lipinski definition) is 4. The molecule has 0 aliphatic heterocycles. The summed E-state index contributed by atoms with van der Waals surface area (Å²) in [5.74, 6) is -0.0208. The minimum atomic E-state index is -0.201. The van der Waals surface area contributed by atoms with Crippen molar-refractivity contribution in [3.05, 3.63) is 46.7 Å². The molecule has 0 saturated carbocycles. The first-order valence-electron chi connectivity index (χ1n) is 6.44. The molecule has 4 nitrogen and oxygen atoms in total. The largest absolute Gasteiger partial charge is 0.399 e. The lowest BCUT2D eigenvalue weighted by Crippen LogP contribution is -2.39. The number of hydrogen-bond donors (Lipinski definition) is 2. The van der Waals surface area contributed by atoms with Gasteiger partial charge in [-0.3, -0.25) is 9.69 Å². The second-order valence-electron chi connectivity index (χ2n) is 4.83. The molecule has 0 spiro atoms. The fraction of sp³-hybridized carbons (Fsp3) is 0.267. The standard InChI is InChI=1S/C15H19N3OS/c1-11(18(2)9-12-7-8-20-10-12)15(19)17-14-5-3-13(16)4-6-14/h3-8,10-11H,9,16H2,1-2H3,(H,17,19). The zero-order valence-corrected chi connectivity index (χ0v) is 12.5. The van der Waals surface area contributed by atoms with Crippen molar-refractivity contribution in [2.45, 2.75) is 19.5 Å². The Morgan fingerprint density at radius 1 is 1.35 bits per heavy atom. The van der Waals surface area contributed by atoms with Crippen molar-refractivity contribution in [2.75, 3.05) is 18.1 Å². The summed E-state index contributed by atoms with van der Waals surface area (Å²) >= 11 is 1.67. The van der Waals surface area contributed by atoms with Gasteiger partial charge in [0.2, 0.25) is 5.91 Å². The van der Waals surface area contributed by atoms with Crippen LogP contribution in [0.1, 0.15) is 12.5 Å². The monoisotopic (exact) mass is 289 g/mol. The Morgan fingerprint density at radius 2 is 2.05 bits per heavy atom. The average molecular weight is 289 g/mol. The highest BCUT2D eigenvalue weighted by molar-refractivity contribution is 7.07. The van der Waals surface area contributed by atoms with Crippen LogP contribution in [0.25, 0.3) is 0 Å². The molecule has 1 aromatic carbocycles. The minimum absolute atomic E-state index is 0.0208. The van der Waals surface area contributed by atoms with Crippen LogP contribution in [0.5, 0.6) is 0 Å². The van der Waals surface area contributed by atoms with E-state index in [1.165, 1.54) is 5.56 Å². The first kappa shape index (κ1) is 14.6. The van der Waals surface area contributed by atoms with Crippen molar-refractivity contribution in [3.8, 4) is 0 Å². The molecule has 0 saturated heterocycles. The number of thiophene rings is 1. The highest BCUT2D eigenvalue weighted by atomic mass is 32.1. The smallest absolute Gasteiger partial charge is 0.241 e. The number of carbonyl (C=O) groups excluding carboxylic acids is 1. The predicted octanol–water partition coefficient (Wildman–Crippen LogP) is 2.79. The Labute approximate surface area is 123 Å². The topological polar surface area (TPSA) is 58.4 Å². The van der Waals surface area contributed by atoms with E-state index in [0.717, 1.165) is 12.2 Å². The first-order valence-corrected chi connectivity index (χ1v) is 7.38. The number of likely N-dealkylation sites (N-methyl/N-ethyl adjacent to an activating group) is 1. The lowest BCUT2D eigenvalue weighted by molar-refractivity contribution is -0.120. The summed E-state index contributed by atoms with van der Waals surface area (Å²) in [7, 11) is 1.95. The maximum absolute atomic E-state index is 12.2. The molecule has 5 heteroatoms. The van der Waals surface area contributed by atoms with Crippen molar-refractivity contribution >= 4 is 28.6 Å². The summed E-state index contributed by atoms with van der Waals surface area (Å²) in [4.78, 5) is 14.2. The normalized spacial score (nSPS) is 12.3. The maximum Gasteiger partial charge on any atom is 0.241 e. The summed E-state index contributed by atoms with van der Waals surface area (Å²) in [6, 6.07) is 9.03. The van der Waals surface area contributed by atoms with Crippen LogP contribution >= 0.6 is 11.3 Å². The molecule has 20 heavy (non-hydrogen) atoms. The number of benzene rings is 1. The highest BCUT2D eigenvalue weighted by Crippen LogP contribution is 2.13. The van der Waals surface area contributed by atoms with E-state index >= 15 is 0 Å². The summed E-state index contributed by atoms with van der Waals surface area (Å²) in [5.41, 5.74) is 8.30. The van der Waals surface area contributed by atoms with E-state index in [1.54, 1.807) is 35.6 Å². The van der Waals surface area contributed by atoms with Crippen LogP contribution in [0.3, 0.4) is 0 Å². The van der Waals surface area contributed by atoms with Crippen molar-refractivity contribution in [1.82, 2.24) is 4.90 Å². The number of nitrogens with zero attached hydrogens (tertiary/aromatic N) is 1. The van der Waals surface area contributed by atoms with Crippen molar-refractivity contribution in [3.63, 3.8) is 0 Å². The second kappa shape index (κ2) is 6.54. The summed E-state index contributed by atoms with van der Waals surface area (Å²) in [5, 5.41) is 7.04. The molecule has 1 unspecified atom stereocenters. The van der Waals surface area contributed by atoms with Gasteiger partial charge in [0, 0.05) is 17.9 Å². The van der Waals surface area contributed by atoms with E-state index in [9.17, 15) is 4.79 Å². The quantitative estimate of drug-likeness (QED) is 0.832. The third-order valence-corrected chi connectivity index (χ3v) is 3.96. The molecule has 3 N–H and O–H groups in total. The maximum atomic E-state index is 12.2. The van der Waals surface area contributed by atoms with Crippen LogP contribution in [0, 0.1) is 0 Å². The predicted molar refractivity (Wildman–Crippen MR) is 84.7 cm³/mol. The van der Waals surface area contributed by atoms with Gasteiger partial charge in [0.25, 0.3) is 0 Å². The van der Waals surface area contributed by atoms with Crippen LogP contribution in [-0.4, -0.2) is 23.9 Å². The van der Waals surface area contributed by atoms with Gasteiger partial charge in [-0.1, -0.05) is 0 Å². The van der Waals surface area contributed by atoms with Gasteiger partial charge in [0.05, 0.1) is 6.04 Å². The third kappa shape index (κ3) is 3.82. The van der Waals surface area contributed by atoms with Gasteiger partial charge in [-0.15, -0.1) is 0 Å². The molecule has 106 valence electrons. The zero-order valence-electron chi connectivity index (χ0n) is 11.7. The van der Waals surface area contributed by atoms with Crippen LogP contribution in [-0.2, 0) is 11.3 Å². The molecule has 2 aromatic rings. The van der Waals surface area contributed by atoms with E-state index in [1.807, 2.05) is 24.3 Å². The molecule has 0 aliphatic rings. The summed E-state index contributed by atoms with van der Waals surface area (Å²) in [6.07, 6.45) is 0. The van der Waals surface area contributed by atoms with Crippen molar-refractivity contribution in [2.24, 2.45) is 0 Å². The van der Waals surface area contributed by atoms with Gasteiger partial charge >= 0.3 is 0 Å². The number of nitrogen functional groups attached to an aromatic ring is 1. The fourth-order valence-corrected chi connectivity index (χ4v) is 2.48. The lowest BCUT2D eigenvalue weighted by Gasteiger charge is -2.23. The molecule has 1 atom stereocenters. The average Bonchev–Trinajstić information content (AvgIpc) is 2.93. The Balaban J connectivity index is 1.92. The Hall–Kier alpha value is -1.85. The summed E-state index contributed by atoms with van der Waals surface area (Å²) < 4.78 is 0. The van der Waals surface area contributed by atoms with Gasteiger partial charge < -0.3 is 11.1 Å².